The summed E-state index contributed by atoms with van der Waals surface area (Å²) in [5.41, 5.74) is 0. The van der Waals surface area contributed by atoms with Crippen molar-refractivity contribution >= 4 is 23.2 Å². The van der Waals surface area contributed by atoms with Crippen LogP contribution in [-0.2, 0) is 0 Å². The lowest BCUT2D eigenvalue weighted by Crippen LogP contribution is -3.00. The fourth-order valence-electron chi connectivity index (χ4n) is 3.84. The van der Waals surface area contributed by atoms with E-state index in [0.29, 0.717) is 12.1 Å². The van der Waals surface area contributed by atoms with Crippen molar-refractivity contribution in [1.29, 1.82) is 0 Å². The maximum absolute atomic E-state index is 3.74. The average Bonchev–Trinajstić information content (AvgIpc) is 2.67. The van der Waals surface area contributed by atoms with Crippen molar-refractivity contribution < 1.29 is 12.4 Å². The Morgan fingerprint density at radius 1 is 0.630 bits per heavy atom. The third-order valence-electron chi connectivity index (χ3n) is 4.76. The Morgan fingerprint density at radius 2 is 0.963 bits per heavy atom. The monoisotopic (exact) mass is 397 g/mol. The predicted octanol–water partition coefficient (Wildman–Crippen LogP) is 1.37. The van der Waals surface area contributed by atoms with E-state index in [0.717, 1.165) is 6.16 Å². The van der Waals surface area contributed by atoms with Gasteiger partial charge in [0.2, 0.25) is 0 Å². The second-order valence-corrected chi connectivity index (χ2v) is 10.8. The zero-order chi connectivity index (χ0) is 18.4. The Labute approximate surface area is 171 Å². The molecule has 1 atom stereocenters. The van der Waals surface area contributed by atoms with Crippen LogP contribution in [0.25, 0.3) is 0 Å². The molecule has 142 valence electrons. The lowest BCUT2D eigenvalue weighted by Gasteiger charge is -2.31. The Bertz CT molecular complexity index is 694. The van der Waals surface area contributed by atoms with E-state index < -0.39 is 7.26 Å². The number of benzene rings is 3. The molecule has 0 heterocycles. The molecule has 27 heavy (non-hydrogen) atoms. The Balaban J connectivity index is 0.00000261. The first-order chi connectivity index (χ1) is 12.6. The van der Waals surface area contributed by atoms with Gasteiger partial charge in [0, 0.05) is 12.1 Å². The van der Waals surface area contributed by atoms with Gasteiger partial charge in [0.25, 0.3) is 0 Å². The van der Waals surface area contributed by atoms with E-state index in [4.69, 9.17) is 0 Å². The number of nitrogens with one attached hydrogen (secondary N) is 1. The summed E-state index contributed by atoms with van der Waals surface area (Å²) in [7, 11) is -1.73. The van der Waals surface area contributed by atoms with Crippen LogP contribution in [0.2, 0.25) is 0 Å². The molecule has 3 heteroatoms. The summed E-state index contributed by atoms with van der Waals surface area (Å²) in [5, 5.41) is 8.10. The van der Waals surface area contributed by atoms with Gasteiger partial charge in [-0.25, -0.2) is 0 Å². The van der Waals surface area contributed by atoms with Crippen molar-refractivity contribution in [2.24, 2.45) is 0 Å². The SMILES string of the molecule is CC(C)NC(C)C[P+](c1ccccc1)(c1ccccc1)c1ccccc1.[Cl-]. The van der Waals surface area contributed by atoms with Crippen LogP contribution in [0.15, 0.2) is 91.0 Å². The fourth-order valence-corrected chi connectivity index (χ4v) is 8.34. The molecule has 0 saturated carbocycles. The van der Waals surface area contributed by atoms with Gasteiger partial charge in [0.1, 0.15) is 23.2 Å². The molecule has 0 saturated heterocycles. The smallest absolute Gasteiger partial charge is 0.113 e. The average molecular weight is 398 g/mol. The van der Waals surface area contributed by atoms with E-state index in [2.05, 4.69) is 117 Å². The number of hydrogen-bond acceptors (Lipinski definition) is 1. The van der Waals surface area contributed by atoms with Crippen molar-refractivity contribution in [3.8, 4) is 0 Å². The van der Waals surface area contributed by atoms with Crippen molar-refractivity contribution in [3.05, 3.63) is 91.0 Å². The largest absolute Gasteiger partial charge is 1.00 e. The normalized spacial score (nSPS) is 12.4. The summed E-state index contributed by atoms with van der Waals surface area (Å²) in [6, 6.07) is 34.2. The Hall–Kier alpha value is -1.66. The summed E-state index contributed by atoms with van der Waals surface area (Å²) in [6.45, 7) is 6.78. The molecule has 1 unspecified atom stereocenters. The molecule has 1 nitrogen and oxygen atoms in total. The molecular formula is C24H29ClNP. The van der Waals surface area contributed by atoms with Crippen LogP contribution in [0.1, 0.15) is 20.8 Å². The predicted molar refractivity (Wildman–Crippen MR) is 118 cm³/mol. The molecule has 0 spiro atoms. The first-order valence-electron chi connectivity index (χ1n) is 9.44. The van der Waals surface area contributed by atoms with Crippen LogP contribution in [-0.4, -0.2) is 18.2 Å². The van der Waals surface area contributed by atoms with Gasteiger partial charge >= 0.3 is 0 Å². The molecule has 3 rings (SSSR count). The molecule has 0 aliphatic heterocycles. The first-order valence-corrected chi connectivity index (χ1v) is 11.4. The van der Waals surface area contributed by atoms with Crippen LogP contribution in [0, 0.1) is 0 Å². The minimum atomic E-state index is -1.73. The molecule has 0 amide bonds. The zero-order valence-electron chi connectivity index (χ0n) is 16.3. The maximum Gasteiger partial charge on any atom is 0.113 e. The summed E-state index contributed by atoms with van der Waals surface area (Å²) >= 11 is 0. The highest BCUT2D eigenvalue weighted by atomic mass is 35.5. The molecule has 1 N–H and O–H groups in total. The maximum atomic E-state index is 3.74. The lowest BCUT2D eigenvalue weighted by atomic mass is 10.3. The van der Waals surface area contributed by atoms with Gasteiger partial charge in [-0.3, -0.25) is 0 Å². The highest BCUT2D eigenvalue weighted by molar-refractivity contribution is 7.95. The highest BCUT2D eigenvalue weighted by Crippen LogP contribution is 2.55. The summed E-state index contributed by atoms with van der Waals surface area (Å²) in [4.78, 5) is 0. The molecule has 3 aromatic carbocycles. The minimum absolute atomic E-state index is 0. The van der Waals surface area contributed by atoms with E-state index >= 15 is 0 Å². The Morgan fingerprint density at radius 3 is 1.26 bits per heavy atom. The summed E-state index contributed by atoms with van der Waals surface area (Å²) in [6.07, 6.45) is 1.11. The van der Waals surface area contributed by atoms with E-state index in [1.54, 1.807) is 0 Å². The molecule has 0 aliphatic rings. The topological polar surface area (TPSA) is 12.0 Å². The van der Waals surface area contributed by atoms with Gasteiger partial charge in [-0.2, -0.15) is 0 Å². The molecule has 0 fully saturated rings. The van der Waals surface area contributed by atoms with E-state index in [1.807, 2.05) is 0 Å². The zero-order valence-corrected chi connectivity index (χ0v) is 18.0. The van der Waals surface area contributed by atoms with E-state index in [-0.39, 0.29) is 12.4 Å². The first kappa shape index (κ1) is 21.6. The summed E-state index contributed by atoms with van der Waals surface area (Å²) < 4.78 is 0. The molecule has 0 aromatic heterocycles. The van der Waals surface area contributed by atoms with Crippen LogP contribution < -0.4 is 33.6 Å². The van der Waals surface area contributed by atoms with Crippen molar-refractivity contribution in [2.75, 3.05) is 6.16 Å². The van der Waals surface area contributed by atoms with Crippen LogP contribution in [0.5, 0.6) is 0 Å². The van der Waals surface area contributed by atoms with Crippen LogP contribution in [0.3, 0.4) is 0 Å². The third-order valence-corrected chi connectivity index (χ3v) is 9.39. The Kier molecular flexibility index (Phi) is 8.05. The van der Waals surface area contributed by atoms with Gasteiger partial charge in [-0.1, -0.05) is 68.4 Å². The van der Waals surface area contributed by atoms with Crippen molar-refractivity contribution in [3.63, 3.8) is 0 Å². The molecule has 0 bridgehead atoms. The van der Waals surface area contributed by atoms with Gasteiger partial charge in [-0.05, 0) is 43.3 Å². The standard InChI is InChI=1S/C24H29NP.ClH/c1-20(2)25-21(3)19-26(22-13-7-4-8-14-22,23-15-9-5-10-16-23)24-17-11-6-12-18-24;/h4-18,20-21,25H,19H2,1-3H3;1H/q+1;/p-1. The lowest BCUT2D eigenvalue weighted by molar-refractivity contribution is -0.00000565. The quantitative estimate of drug-likeness (QED) is 0.594. The molecule has 0 radical (unpaired) electrons. The number of rotatable bonds is 7. The van der Waals surface area contributed by atoms with Gasteiger partial charge < -0.3 is 17.7 Å². The minimum Gasteiger partial charge on any atom is -1.00 e. The van der Waals surface area contributed by atoms with E-state index in [1.165, 1.54) is 15.9 Å². The molecule has 0 aliphatic carbocycles. The van der Waals surface area contributed by atoms with Gasteiger partial charge in [0.05, 0.1) is 6.16 Å². The number of hydrogen-bond donors (Lipinski definition) is 1. The second kappa shape index (κ2) is 10.0. The molecule has 3 aromatic rings. The third kappa shape index (κ3) is 4.99. The summed E-state index contributed by atoms with van der Waals surface area (Å²) in [5.74, 6) is 0. The van der Waals surface area contributed by atoms with Crippen LogP contribution in [0.4, 0.5) is 0 Å². The van der Waals surface area contributed by atoms with Gasteiger partial charge in [-0.15, -0.1) is 0 Å². The van der Waals surface area contributed by atoms with Gasteiger partial charge in [0.15, 0.2) is 0 Å². The van der Waals surface area contributed by atoms with E-state index in [9.17, 15) is 0 Å². The number of halogens is 1. The highest BCUT2D eigenvalue weighted by Gasteiger charge is 2.46. The van der Waals surface area contributed by atoms with Crippen molar-refractivity contribution in [2.45, 2.75) is 32.9 Å². The molecular weight excluding hydrogens is 369 g/mol. The second-order valence-electron chi connectivity index (χ2n) is 7.22. The van der Waals surface area contributed by atoms with Crippen molar-refractivity contribution in [1.82, 2.24) is 5.32 Å². The fraction of sp³-hybridized carbons (Fsp3) is 0.250. The van der Waals surface area contributed by atoms with Crippen LogP contribution >= 0.6 is 7.26 Å².